The van der Waals surface area contributed by atoms with Crippen molar-refractivity contribution in [3.8, 4) is 0 Å². The molecule has 0 aliphatic rings. The molecular weight excluding hydrogens is 410 g/mol. The van der Waals surface area contributed by atoms with Crippen molar-refractivity contribution in [3.63, 3.8) is 0 Å². The number of hydrogen-bond acceptors (Lipinski definition) is 6. The lowest BCUT2D eigenvalue weighted by molar-refractivity contribution is 0.101. The molecule has 0 unspecified atom stereocenters. The van der Waals surface area contributed by atoms with Crippen LogP contribution in [0.25, 0.3) is 0 Å². The van der Waals surface area contributed by atoms with E-state index in [0.29, 0.717) is 39.8 Å². The zero-order chi connectivity index (χ0) is 21.6. The minimum Gasteiger partial charge on any atom is -0.340 e. The molecule has 1 N–H and O–H groups in total. The Balaban J connectivity index is 1.49. The van der Waals surface area contributed by atoms with Crippen LogP contribution in [0.5, 0.6) is 0 Å². The summed E-state index contributed by atoms with van der Waals surface area (Å²) in [5, 5.41) is 6.78. The number of aryl methyl sites for hydroxylation is 1. The Labute approximate surface area is 183 Å². The third-order valence-corrected chi connectivity index (χ3v) is 5.55. The number of carbonyl (C=O) groups is 2. The lowest BCUT2D eigenvalue weighted by Gasteiger charge is -2.10. The average Bonchev–Trinajstić information content (AvgIpc) is 3.23. The molecule has 0 aliphatic heterocycles. The van der Waals surface area contributed by atoms with Crippen molar-refractivity contribution in [3.05, 3.63) is 107 Å². The van der Waals surface area contributed by atoms with Gasteiger partial charge in [0.2, 0.25) is 5.89 Å². The Morgan fingerprint density at radius 1 is 0.935 bits per heavy atom. The maximum Gasteiger partial charge on any atom is 0.256 e. The maximum atomic E-state index is 12.9. The fourth-order valence-corrected chi connectivity index (χ4v) is 3.91. The first-order valence-corrected chi connectivity index (χ1v) is 10.6. The van der Waals surface area contributed by atoms with E-state index in [1.807, 2.05) is 36.4 Å². The summed E-state index contributed by atoms with van der Waals surface area (Å²) in [5.41, 5.74) is 2.21. The third-order valence-electron chi connectivity index (χ3n) is 4.48. The van der Waals surface area contributed by atoms with Gasteiger partial charge in [-0.3, -0.25) is 9.59 Å². The lowest BCUT2D eigenvalue weighted by Crippen LogP contribution is -2.13. The Morgan fingerprint density at radius 3 is 2.45 bits per heavy atom. The minimum atomic E-state index is -0.253. The fourth-order valence-electron chi connectivity index (χ4n) is 3.02. The summed E-state index contributed by atoms with van der Waals surface area (Å²) < 4.78 is 4.99. The zero-order valence-electron chi connectivity index (χ0n) is 16.7. The molecule has 0 bridgehead atoms. The topological polar surface area (TPSA) is 85.1 Å². The first kappa shape index (κ1) is 20.6. The van der Waals surface area contributed by atoms with Gasteiger partial charge in [0.15, 0.2) is 11.6 Å². The predicted octanol–water partition coefficient (Wildman–Crippen LogP) is 5.15. The summed E-state index contributed by atoms with van der Waals surface area (Å²) in [4.78, 5) is 30.6. The van der Waals surface area contributed by atoms with Gasteiger partial charge in [0, 0.05) is 28.6 Å². The molecule has 0 saturated heterocycles. The normalized spacial score (nSPS) is 10.6. The van der Waals surface area contributed by atoms with Crippen LogP contribution in [0.2, 0.25) is 0 Å². The highest BCUT2D eigenvalue weighted by Gasteiger charge is 2.14. The second-order valence-electron chi connectivity index (χ2n) is 6.74. The molecule has 0 radical (unpaired) electrons. The molecule has 7 heteroatoms. The molecule has 4 rings (SSSR count). The number of anilines is 1. The average molecular weight is 430 g/mol. The van der Waals surface area contributed by atoms with Gasteiger partial charge in [-0.05, 0) is 24.3 Å². The molecule has 3 aromatic carbocycles. The van der Waals surface area contributed by atoms with Crippen molar-refractivity contribution in [1.82, 2.24) is 10.1 Å². The van der Waals surface area contributed by atoms with Gasteiger partial charge in [-0.1, -0.05) is 59.8 Å². The smallest absolute Gasteiger partial charge is 0.256 e. The summed E-state index contributed by atoms with van der Waals surface area (Å²) in [6, 6.07) is 23.3. The Kier molecular flexibility index (Phi) is 6.24. The predicted molar refractivity (Wildman–Crippen MR) is 119 cm³/mol. The number of thioether (sulfide) groups is 1. The molecule has 0 spiro atoms. The van der Waals surface area contributed by atoms with Crippen molar-refractivity contribution in [1.29, 1.82) is 0 Å². The van der Waals surface area contributed by atoms with Gasteiger partial charge in [0.25, 0.3) is 5.91 Å². The highest BCUT2D eigenvalue weighted by atomic mass is 32.2. The number of benzene rings is 3. The molecule has 1 aromatic heterocycles. The van der Waals surface area contributed by atoms with E-state index in [4.69, 9.17) is 4.52 Å². The molecule has 0 fully saturated rings. The van der Waals surface area contributed by atoms with Gasteiger partial charge in [0.1, 0.15) is 0 Å². The third kappa shape index (κ3) is 5.07. The molecule has 31 heavy (non-hydrogen) atoms. The number of aromatic nitrogens is 2. The summed E-state index contributed by atoms with van der Waals surface area (Å²) in [6.45, 7) is 1.74. The number of hydrogen-bond donors (Lipinski definition) is 1. The van der Waals surface area contributed by atoms with Crippen LogP contribution in [-0.2, 0) is 5.75 Å². The van der Waals surface area contributed by atoms with Gasteiger partial charge in [-0.15, -0.1) is 11.8 Å². The van der Waals surface area contributed by atoms with E-state index in [-0.39, 0.29) is 11.7 Å². The Morgan fingerprint density at radius 2 is 1.68 bits per heavy atom. The molecule has 0 aliphatic carbocycles. The van der Waals surface area contributed by atoms with Crippen LogP contribution >= 0.6 is 11.8 Å². The number of ketones is 1. The number of amides is 1. The zero-order valence-corrected chi connectivity index (χ0v) is 17.6. The summed E-state index contributed by atoms with van der Waals surface area (Å²) in [7, 11) is 0. The number of carbonyl (C=O) groups excluding carboxylic acids is 2. The van der Waals surface area contributed by atoms with E-state index >= 15 is 0 Å². The monoisotopic (exact) mass is 429 g/mol. The highest BCUT2D eigenvalue weighted by Crippen LogP contribution is 2.26. The van der Waals surface area contributed by atoms with Crippen molar-refractivity contribution in [2.75, 3.05) is 5.32 Å². The van der Waals surface area contributed by atoms with Crippen LogP contribution in [0.3, 0.4) is 0 Å². The van der Waals surface area contributed by atoms with Crippen LogP contribution in [0.15, 0.2) is 88.3 Å². The Hall–Kier alpha value is -3.71. The Bertz CT molecular complexity index is 1220. The standard InChI is InChI=1S/C24H19N3O3S/c1-16-25-22(27-30-16)15-31-21-13-6-5-12-20(21)24(29)26-19-11-7-10-18(14-19)23(28)17-8-3-2-4-9-17/h2-14H,15H2,1H3,(H,26,29). The van der Waals surface area contributed by atoms with Gasteiger partial charge in [-0.2, -0.15) is 4.98 Å². The largest absolute Gasteiger partial charge is 0.340 e. The van der Waals surface area contributed by atoms with Crippen molar-refractivity contribution >= 4 is 29.1 Å². The molecular formula is C24H19N3O3S. The number of rotatable bonds is 7. The van der Waals surface area contributed by atoms with Crippen molar-refractivity contribution < 1.29 is 14.1 Å². The number of nitrogens with one attached hydrogen (secondary N) is 1. The lowest BCUT2D eigenvalue weighted by atomic mass is 10.0. The first-order chi connectivity index (χ1) is 15.1. The molecule has 0 atom stereocenters. The van der Waals surface area contributed by atoms with E-state index in [2.05, 4.69) is 15.5 Å². The van der Waals surface area contributed by atoms with Gasteiger partial charge >= 0.3 is 0 Å². The van der Waals surface area contributed by atoms with E-state index < -0.39 is 0 Å². The highest BCUT2D eigenvalue weighted by molar-refractivity contribution is 7.98. The summed E-state index contributed by atoms with van der Waals surface area (Å²) in [5.74, 6) is 1.22. The van der Waals surface area contributed by atoms with Crippen LogP contribution in [0, 0.1) is 6.92 Å². The summed E-state index contributed by atoms with van der Waals surface area (Å²) in [6.07, 6.45) is 0. The minimum absolute atomic E-state index is 0.0944. The van der Waals surface area contributed by atoms with Gasteiger partial charge in [0.05, 0.1) is 11.3 Å². The maximum absolute atomic E-state index is 12.9. The van der Waals surface area contributed by atoms with E-state index in [1.54, 1.807) is 49.4 Å². The van der Waals surface area contributed by atoms with Gasteiger partial charge in [-0.25, -0.2) is 0 Å². The SMILES string of the molecule is Cc1nc(CSc2ccccc2C(=O)Nc2cccc(C(=O)c3ccccc3)c2)no1. The second kappa shape index (κ2) is 9.40. The van der Waals surface area contributed by atoms with Crippen LogP contribution in [-0.4, -0.2) is 21.8 Å². The molecule has 6 nitrogen and oxygen atoms in total. The molecule has 4 aromatic rings. The summed E-state index contributed by atoms with van der Waals surface area (Å²) >= 11 is 1.46. The molecule has 0 saturated carbocycles. The van der Waals surface area contributed by atoms with E-state index in [0.717, 1.165) is 4.90 Å². The molecule has 1 heterocycles. The van der Waals surface area contributed by atoms with Crippen molar-refractivity contribution in [2.45, 2.75) is 17.6 Å². The number of nitrogens with zero attached hydrogens (tertiary/aromatic N) is 2. The van der Waals surface area contributed by atoms with E-state index in [9.17, 15) is 9.59 Å². The van der Waals surface area contributed by atoms with Crippen LogP contribution < -0.4 is 5.32 Å². The molecule has 154 valence electrons. The first-order valence-electron chi connectivity index (χ1n) is 9.62. The van der Waals surface area contributed by atoms with Crippen LogP contribution in [0.1, 0.15) is 38.0 Å². The van der Waals surface area contributed by atoms with Crippen LogP contribution in [0.4, 0.5) is 5.69 Å². The van der Waals surface area contributed by atoms with E-state index in [1.165, 1.54) is 11.8 Å². The van der Waals surface area contributed by atoms with Gasteiger partial charge < -0.3 is 9.84 Å². The fraction of sp³-hybridized carbons (Fsp3) is 0.0833. The molecule has 1 amide bonds. The van der Waals surface area contributed by atoms with Crippen molar-refractivity contribution in [2.24, 2.45) is 0 Å². The second-order valence-corrected chi connectivity index (χ2v) is 7.76. The quantitative estimate of drug-likeness (QED) is 0.323.